The molecule has 0 unspecified atom stereocenters. The monoisotopic (exact) mass is 308 g/mol. The molecule has 1 aromatic carbocycles. The summed E-state index contributed by atoms with van der Waals surface area (Å²) in [6.45, 7) is 0.421. The van der Waals surface area contributed by atoms with Crippen LogP contribution in [0.1, 0.15) is 11.3 Å². The van der Waals surface area contributed by atoms with E-state index in [9.17, 15) is 0 Å². The number of methoxy groups -OCH3 is 1. The number of alkyl halides is 1. The molecule has 0 saturated heterocycles. The molecule has 0 radical (unpaired) electrons. The standard InChI is InChI=1S/C14H13ClN2O2S/c1-18-12-2-3-13(10(6-12)7-15)19-9-11-8-17-4-5-20-14(17)16-11/h2-6,8H,7,9H2,1H3. The van der Waals surface area contributed by atoms with E-state index in [2.05, 4.69) is 4.98 Å². The molecule has 104 valence electrons. The molecule has 0 aliphatic heterocycles. The van der Waals surface area contributed by atoms with Crippen molar-refractivity contribution in [1.82, 2.24) is 9.38 Å². The number of aromatic nitrogens is 2. The summed E-state index contributed by atoms with van der Waals surface area (Å²) in [6.07, 6.45) is 3.95. The Morgan fingerprint density at radius 2 is 2.30 bits per heavy atom. The Hall–Kier alpha value is -1.72. The van der Waals surface area contributed by atoms with E-state index in [4.69, 9.17) is 21.1 Å². The largest absolute Gasteiger partial charge is 0.497 e. The highest BCUT2D eigenvalue weighted by Gasteiger charge is 2.07. The van der Waals surface area contributed by atoms with E-state index >= 15 is 0 Å². The van der Waals surface area contributed by atoms with Gasteiger partial charge in [0.1, 0.15) is 18.1 Å². The normalized spacial score (nSPS) is 10.9. The second-order valence-electron chi connectivity index (χ2n) is 4.22. The highest BCUT2D eigenvalue weighted by atomic mass is 35.5. The molecule has 4 nitrogen and oxygen atoms in total. The van der Waals surface area contributed by atoms with Crippen LogP contribution in [0, 0.1) is 0 Å². The summed E-state index contributed by atoms with van der Waals surface area (Å²) < 4.78 is 13.0. The number of thiazole rings is 1. The average Bonchev–Trinajstić information content (AvgIpc) is 3.05. The van der Waals surface area contributed by atoms with Crippen LogP contribution >= 0.6 is 22.9 Å². The van der Waals surface area contributed by atoms with Crippen molar-refractivity contribution in [3.63, 3.8) is 0 Å². The molecular weight excluding hydrogens is 296 g/mol. The molecule has 2 heterocycles. The number of benzene rings is 1. The lowest BCUT2D eigenvalue weighted by molar-refractivity contribution is 0.299. The molecule has 0 aliphatic carbocycles. The zero-order chi connectivity index (χ0) is 13.9. The van der Waals surface area contributed by atoms with Crippen molar-refractivity contribution in [1.29, 1.82) is 0 Å². The van der Waals surface area contributed by atoms with Crippen molar-refractivity contribution in [2.75, 3.05) is 7.11 Å². The highest BCUT2D eigenvalue weighted by Crippen LogP contribution is 2.26. The maximum atomic E-state index is 5.94. The molecule has 3 aromatic rings. The molecule has 3 rings (SSSR count). The first kappa shape index (κ1) is 13.3. The fourth-order valence-corrected chi connectivity index (χ4v) is 2.85. The molecule has 0 amide bonds. The van der Waals surface area contributed by atoms with Gasteiger partial charge in [0, 0.05) is 23.3 Å². The van der Waals surface area contributed by atoms with Gasteiger partial charge in [0.2, 0.25) is 0 Å². The van der Waals surface area contributed by atoms with Gasteiger partial charge in [-0.05, 0) is 18.2 Å². The van der Waals surface area contributed by atoms with Gasteiger partial charge in [-0.1, -0.05) is 0 Å². The molecule has 0 saturated carbocycles. The van der Waals surface area contributed by atoms with Crippen molar-refractivity contribution in [2.24, 2.45) is 0 Å². The Morgan fingerprint density at radius 1 is 1.40 bits per heavy atom. The van der Waals surface area contributed by atoms with E-state index in [0.29, 0.717) is 12.5 Å². The Labute approximate surface area is 125 Å². The number of rotatable bonds is 5. The predicted molar refractivity (Wildman–Crippen MR) is 80.0 cm³/mol. The molecule has 2 aromatic heterocycles. The van der Waals surface area contributed by atoms with Gasteiger partial charge in [-0.25, -0.2) is 4.98 Å². The number of hydrogen-bond acceptors (Lipinski definition) is 4. The van der Waals surface area contributed by atoms with Crippen molar-refractivity contribution < 1.29 is 9.47 Å². The van der Waals surface area contributed by atoms with Crippen LogP contribution in [0.2, 0.25) is 0 Å². The molecule has 0 fully saturated rings. The van der Waals surface area contributed by atoms with Crippen LogP contribution in [0.3, 0.4) is 0 Å². The fourth-order valence-electron chi connectivity index (χ4n) is 1.93. The summed E-state index contributed by atoms with van der Waals surface area (Å²) in [4.78, 5) is 5.44. The average molecular weight is 309 g/mol. The third-order valence-electron chi connectivity index (χ3n) is 2.93. The molecule has 0 spiro atoms. The topological polar surface area (TPSA) is 35.8 Å². The number of hydrogen-bond donors (Lipinski definition) is 0. The maximum absolute atomic E-state index is 5.94. The summed E-state index contributed by atoms with van der Waals surface area (Å²) in [5, 5.41) is 2.00. The smallest absolute Gasteiger partial charge is 0.193 e. The van der Waals surface area contributed by atoms with Gasteiger partial charge in [0.15, 0.2) is 4.96 Å². The zero-order valence-electron chi connectivity index (χ0n) is 10.9. The van der Waals surface area contributed by atoms with Gasteiger partial charge in [0.25, 0.3) is 0 Å². The van der Waals surface area contributed by atoms with Crippen molar-refractivity contribution in [2.45, 2.75) is 12.5 Å². The van der Waals surface area contributed by atoms with Crippen LogP contribution in [0.5, 0.6) is 11.5 Å². The van der Waals surface area contributed by atoms with E-state index < -0.39 is 0 Å². The first-order chi connectivity index (χ1) is 9.80. The number of imidazole rings is 1. The minimum Gasteiger partial charge on any atom is -0.497 e. The summed E-state index contributed by atoms with van der Waals surface area (Å²) in [5.41, 5.74) is 1.81. The highest BCUT2D eigenvalue weighted by molar-refractivity contribution is 7.15. The fraction of sp³-hybridized carbons (Fsp3) is 0.214. The molecule has 0 aliphatic rings. The Morgan fingerprint density at radius 3 is 3.05 bits per heavy atom. The second-order valence-corrected chi connectivity index (χ2v) is 5.36. The number of halogens is 1. The molecular formula is C14H13ClN2O2S. The third-order valence-corrected chi connectivity index (χ3v) is 3.99. The third kappa shape index (κ3) is 2.59. The number of nitrogens with zero attached hydrogens (tertiary/aromatic N) is 2. The van der Waals surface area contributed by atoms with Gasteiger partial charge in [-0.3, -0.25) is 4.40 Å². The SMILES string of the molecule is COc1ccc(OCc2cn3ccsc3n2)c(CCl)c1. The summed E-state index contributed by atoms with van der Waals surface area (Å²) in [6, 6.07) is 5.61. The lowest BCUT2D eigenvalue weighted by atomic mass is 10.2. The molecule has 0 N–H and O–H groups in total. The van der Waals surface area contributed by atoms with E-state index in [0.717, 1.165) is 27.7 Å². The van der Waals surface area contributed by atoms with E-state index in [1.54, 1.807) is 18.4 Å². The van der Waals surface area contributed by atoms with Gasteiger partial charge in [-0.15, -0.1) is 22.9 Å². The molecule has 6 heteroatoms. The van der Waals surface area contributed by atoms with Crippen molar-refractivity contribution in [3.8, 4) is 11.5 Å². The van der Waals surface area contributed by atoms with Gasteiger partial charge >= 0.3 is 0 Å². The Balaban J connectivity index is 1.75. The number of ether oxygens (including phenoxy) is 2. The Bertz CT molecular complexity index is 694. The van der Waals surface area contributed by atoms with Gasteiger partial charge in [0.05, 0.1) is 18.7 Å². The zero-order valence-corrected chi connectivity index (χ0v) is 12.4. The van der Waals surface area contributed by atoms with Crippen LogP contribution in [0.15, 0.2) is 36.0 Å². The minimum atomic E-state index is 0.380. The van der Waals surface area contributed by atoms with Crippen LogP contribution in [-0.2, 0) is 12.5 Å². The molecule has 0 atom stereocenters. The summed E-state index contributed by atoms with van der Waals surface area (Å²) in [5.74, 6) is 1.91. The first-order valence-corrected chi connectivity index (χ1v) is 7.48. The van der Waals surface area contributed by atoms with E-state index in [1.165, 1.54) is 0 Å². The van der Waals surface area contributed by atoms with Crippen LogP contribution in [0.4, 0.5) is 0 Å². The lowest BCUT2D eigenvalue weighted by Crippen LogP contribution is -1.98. The lowest BCUT2D eigenvalue weighted by Gasteiger charge is -2.10. The van der Waals surface area contributed by atoms with Crippen LogP contribution in [-0.4, -0.2) is 16.5 Å². The minimum absolute atomic E-state index is 0.380. The Kier molecular flexibility index (Phi) is 3.80. The molecule has 0 bridgehead atoms. The van der Waals surface area contributed by atoms with Crippen LogP contribution in [0.25, 0.3) is 4.96 Å². The maximum Gasteiger partial charge on any atom is 0.193 e. The van der Waals surface area contributed by atoms with E-state index in [-0.39, 0.29) is 0 Å². The number of fused-ring (bicyclic) bond motifs is 1. The van der Waals surface area contributed by atoms with Crippen molar-refractivity contribution >= 4 is 27.9 Å². The van der Waals surface area contributed by atoms with Gasteiger partial charge < -0.3 is 9.47 Å². The van der Waals surface area contributed by atoms with Gasteiger partial charge in [-0.2, -0.15) is 0 Å². The first-order valence-electron chi connectivity index (χ1n) is 6.07. The van der Waals surface area contributed by atoms with Crippen molar-refractivity contribution in [3.05, 3.63) is 47.2 Å². The van der Waals surface area contributed by atoms with Crippen LogP contribution < -0.4 is 9.47 Å². The molecule has 20 heavy (non-hydrogen) atoms. The summed E-state index contributed by atoms with van der Waals surface area (Å²) >= 11 is 7.54. The predicted octanol–water partition coefficient (Wildman–Crippen LogP) is 3.72. The summed E-state index contributed by atoms with van der Waals surface area (Å²) in [7, 11) is 1.63. The quantitative estimate of drug-likeness (QED) is 0.674. The van der Waals surface area contributed by atoms with E-state index in [1.807, 2.05) is 40.4 Å². The second kappa shape index (κ2) is 5.73.